The Morgan fingerprint density at radius 1 is 1.06 bits per heavy atom. The molecule has 0 unspecified atom stereocenters. The number of nitrogens with zero attached hydrogens (tertiary/aromatic N) is 3. The minimum atomic E-state index is 0.210. The van der Waals surface area contributed by atoms with Gasteiger partial charge in [-0.05, 0) is 37.1 Å². The van der Waals surface area contributed by atoms with Crippen LogP contribution in [0.1, 0.15) is 11.1 Å². The van der Waals surface area contributed by atoms with Crippen LogP contribution in [-0.2, 0) is 0 Å². The van der Waals surface area contributed by atoms with E-state index >= 15 is 0 Å². The molecule has 0 fully saturated rings. The zero-order valence-electron chi connectivity index (χ0n) is 9.23. The average molecular weight is 215 g/mol. The van der Waals surface area contributed by atoms with Gasteiger partial charge in [0.05, 0.1) is 0 Å². The molecular formula is C11H13N5. The SMILES string of the molecule is Cc1cc(C)cc(Nc2ncnc(N)n2)c1. The summed E-state index contributed by atoms with van der Waals surface area (Å²) in [6.45, 7) is 4.08. The number of nitrogen functional groups attached to an aromatic ring is 1. The van der Waals surface area contributed by atoms with E-state index in [2.05, 4.69) is 26.3 Å². The van der Waals surface area contributed by atoms with Gasteiger partial charge in [-0.25, -0.2) is 9.97 Å². The molecule has 0 aliphatic rings. The van der Waals surface area contributed by atoms with Gasteiger partial charge in [-0.3, -0.25) is 0 Å². The Hall–Kier alpha value is -2.17. The number of hydrogen-bond acceptors (Lipinski definition) is 5. The normalized spacial score (nSPS) is 10.1. The minimum Gasteiger partial charge on any atom is -0.368 e. The molecule has 0 amide bonds. The zero-order valence-corrected chi connectivity index (χ0v) is 9.23. The Bertz CT molecular complexity index is 489. The first-order chi connectivity index (χ1) is 7.63. The van der Waals surface area contributed by atoms with Gasteiger partial charge < -0.3 is 11.1 Å². The van der Waals surface area contributed by atoms with E-state index in [1.807, 2.05) is 26.0 Å². The van der Waals surface area contributed by atoms with Crippen molar-refractivity contribution in [2.45, 2.75) is 13.8 Å². The lowest BCUT2D eigenvalue weighted by Gasteiger charge is -2.06. The summed E-state index contributed by atoms with van der Waals surface area (Å²) in [5, 5.41) is 3.08. The number of benzene rings is 1. The third-order valence-electron chi connectivity index (χ3n) is 2.07. The van der Waals surface area contributed by atoms with E-state index in [0.29, 0.717) is 5.95 Å². The standard InChI is InChI=1S/C11H13N5/c1-7-3-8(2)5-9(4-7)15-11-14-6-13-10(12)16-11/h3-6H,1-2H3,(H3,12,13,14,15,16). The molecule has 0 saturated heterocycles. The molecule has 5 heteroatoms. The zero-order chi connectivity index (χ0) is 11.5. The Morgan fingerprint density at radius 2 is 1.75 bits per heavy atom. The minimum absolute atomic E-state index is 0.210. The number of nitrogens with one attached hydrogen (secondary N) is 1. The highest BCUT2D eigenvalue weighted by Crippen LogP contribution is 2.16. The summed E-state index contributed by atoms with van der Waals surface area (Å²) in [6, 6.07) is 6.15. The van der Waals surface area contributed by atoms with Crippen LogP contribution in [0.25, 0.3) is 0 Å². The number of anilines is 3. The first-order valence-electron chi connectivity index (χ1n) is 4.93. The fraction of sp³-hybridized carbons (Fsp3) is 0.182. The highest BCUT2D eigenvalue weighted by Gasteiger charge is 2.00. The van der Waals surface area contributed by atoms with Crippen molar-refractivity contribution in [3.05, 3.63) is 35.7 Å². The van der Waals surface area contributed by atoms with Crippen LogP contribution in [0.5, 0.6) is 0 Å². The quantitative estimate of drug-likeness (QED) is 0.799. The summed E-state index contributed by atoms with van der Waals surface area (Å²) in [6.07, 6.45) is 1.38. The second kappa shape index (κ2) is 4.14. The molecule has 0 saturated carbocycles. The van der Waals surface area contributed by atoms with Crippen molar-refractivity contribution in [1.82, 2.24) is 15.0 Å². The molecule has 3 N–H and O–H groups in total. The van der Waals surface area contributed by atoms with Crippen LogP contribution in [-0.4, -0.2) is 15.0 Å². The van der Waals surface area contributed by atoms with Gasteiger partial charge in [-0.1, -0.05) is 6.07 Å². The molecule has 0 aliphatic heterocycles. The molecule has 1 aromatic heterocycles. The van der Waals surface area contributed by atoms with E-state index in [1.165, 1.54) is 17.5 Å². The highest BCUT2D eigenvalue weighted by molar-refractivity contribution is 5.56. The molecule has 0 bridgehead atoms. The van der Waals surface area contributed by atoms with Crippen molar-refractivity contribution in [2.24, 2.45) is 0 Å². The van der Waals surface area contributed by atoms with E-state index in [9.17, 15) is 0 Å². The van der Waals surface area contributed by atoms with Gasteiger partial charge in [-0.2, -0.15) is 4.98 Å². The predicted molar refractivity (Wildman–Crippen MR) is 63.4 cm³/mol. The summed E-state index contributed by atoms with van der Waals surface area (Å²) in [4.78, 5) is 11.7. The number of nitrogens with two attached hydrogens (primary N) is 1. The summed E-state index contributed by atoms with van der Waals surface area (Å²) in [5.41, 5.74) is 8.79. The lowest BCUT2D eigenvalue weighted by Crippen LogP contribution is -2.02. The van der Waals surface area contributed by atoms with Crippen LogP contribution in [0.4, 0.5) is 17.6 Å². The topological polar surface area (TPSA) is 76.7 Å². The molecular weight excluding hydrogens is 202 g/mol. The molecule has 0 spiro atoms. The molecule has 82 valence electrons. The molecule has 0 aliphatic carbocycles. The van der Waals surface area contributed by atoms with Crippen molar-refractivity contribution >= 4 is 17.6 Å². The lowest BCUT2D eigenvalue weighted by atomic mass is 10.1. The van der Waals surface area contributed by atoms with Gasteiger partial charge in [0.2, 0.25) is 11.9 Å². The molecule has 16 heavy (non-hydrogen) atoms. The number of aryl methyl sites for hydroxylation is 2. The molecule has 2 rings (SSSR count). The molecule has 0 radical (unpaired) electrons. The van der Waals surface area contributed by atoms with Crippen LogP contribution < -0.4 is 11.1 Å². The average Bonchev–Trinajstić information content (AvgIpc) is 2.15. The van der Waals surface area contributed by atoms with Crippen molar-refractivity contribution in [3.63, 3.8) is 0 Å². The van der Waals surface area contributed by atoms with Crippen LogP contribution in [0, 0.1) is 13.8 Å². The Morgan fingerprint density at radius 3 is 2.38 bits per heavy atom. The highest BCUT2D eigenvalue weighted by atomic mass is 15.2. The second-order valence-electron chi connectivity index (χ2n) is 3.67. The smallest absolute Gasteiger partial charge is 0.231 e. The lowest BCUT2D eigenvalue weighted by molar-refractivity contribution is 1.07. The van der Waals surface area contributed by atoms with E-state index in [4.69, 9.17) is 5.73 Å². The van der Waals surface area contributed by atoms with Crippen LogP contribution in [0.15, 0.2) is 24.5 Å². The van der Waals surface area contributed by atoms with Gasteiger partial charge in [-0.15, -0.1) is 0 Å². The van der Waals surface area contributed by atoms with Crippen molar-refractivity contribution in [1.29, 1.82) is 0 Å². The Labute approximate surface area is 93.8 Å². The molecule has 1 aromatic carbocycles. The first-order valence-corrected chi connectivity index (χ1v) is 4.93. The van der Waals surface area contributed by atoms with Gasteiger partial charge in [0.25, 0.3) is 0 Å². The largest absolute Gasteiger partial charge is 0.368 e. The van der Waals surface area contributed by atoms with Crippen LogP contribution in [0.3, 0.4) is 0 Å². The summed E-state index contributed by atoms with van der Waals surface area (Å²) >= 11 is 0. The predicted octanol–water partition coefficient (Wildman–Crippen LogP) is 1.81. The first kappa shape index (κ1) is 10.4. The number of aromatic nitrogens is 3. The van der Waals surface area contributed by atoms with Crippen molar-refractivity contribution < 1.29 is 0 Å². The van der Waals surface area contributed by atoms with E-state index in [1.54, 1.807) is 0 Å². The van der Waals surface area contributed by atoms with Gasteiger partial charge >= 0.3 is 0 Å². The fourth-order valence-electron chi connectivity index (χ4n) is 1.55. The monoisotopic (exact) mass is 215 g/mol. The van der Waals surface area contributed by atoms with Crippen molar-refractivity contribution in [2.75, 3.05) is 11.1 Å². The van der Waals surface area contributed by atoms with E-state index in [-0.39, 0.29) is 5.95 Å². The summed E-state index contributed by atoms with van der Waals surface area (Å²) in [7, 11) is 0. The maximum atomic E-state index is 5.47. The Balaban J connectivity index is 2.27. The maximum Gasteiger partial charge on any atom is 0.231 e. The molecule has 1 heterocycles. The molecule has 2 aromatic rings. The van der Waals surface area contributed by atoms with Gasteiger partial charge in [0, 0.05) is 5.69 Å². The van der Waals surface area contributed by atoms with Crippen LogP contribution >= 0.6 is 0 Å². The van der Waals surface area contributed by atoms with E-state index < -0.39 is 0 Å². The maximum absolute atomic E-state index is 5.47. The van der Waals surface area contributed by atoms with E-state index in [0.717, 1.165) is 5.69 Å². The summed E-state index contributed by atoms with van der Waals surface area (Å²) < 4.78 is 0. The molecule has 5 nitrogen and oxygen atoms in total. The Kier molecular flexibility index (Phi) is 2.68. The molecule has 0 atom stereocenters. The third kappa shape index (κ3) is 2.44. The van der Waals surface area contributed by atoms with Gasteiger partial charge in [0.1, 0.15) is 6.33 Å². The van der Waals surface area contributed by atoms with Gasteiger partial charge in [0.15, 0.2) is 0 Å². The fourth-order valence-corrected chi connectivity index (χ4v) is 1.55. The third-order valence-corrected chi connectivity index (χ3v) is 2.07. The summed E-state index contributed by atoms with van der Waals surface area (Å²) in [5.74, 6) is 0.666. The van der Waals surface area contributed by atoms with Crippen LogP contribution in [0.2, 0.25) is 0 Å². The number of rotatable bonds is 2. The second-order valence-corrected chi connectivity index (χ2v) is 3.67. The van der Waals surface area contributed by atoms with Crippen molar-refractivity contribution in [3.8, 4) is 0 Å². The number of hydrogen-bond donors (Lipinski definition) is 2.